The van der Waals surface area contributed by atoms with Crippen LogP contribution in [0.5, 0.6) is 5.75 Å². The van der Waals surface area contributed by atoms with Gasteiger partial charge < -0.3 is 10.1 Å². The van der Waals surface area contributed by atoms with Gasteiger partial charge in [0.25, 0.3) is 5.91 Å². The molecule has 0 aliphatic heterocycles. The normalized spacial score (nSPS) is 10.8. The van der Waals surface area contributed by atoms with Crippen LogP contribution in [0.25, 0.3) is 6.08 Å². The molecular formula is C23H17BrN2O2. The number of carbonyl (C=O) groups is 1. The van der Waals surface area contributed by atoms with Crippen molar-refractivity contribution in [2.45, 2.75) is 6.61 Å². The van der Waals surface area contributed by atoms with Gasteiger partial charge in [-0.25, -0.2) is 0 Å². The molecule has 0 aliphatic carbocycles. The number of ether oxygens (including phenoxy) is 1. The Labute approximate surface area is 172 Å². The predicted octanol–water partition coefficient (Wildman–Crippen LogP) is 5.57. The minimum Gasteiger partial charge on any atom is -0.488 e. The van der Waals surface area contributed by atoms with Crippen LogP contribution in [0.15, 0.2) is 88.9 Å². The lowest BCUT2D eigenvalue weighted by Crippen LogP contribution is -2.13. The number of hydrogen-bond donors (Lipinski definition) is 1. The van der Waals surface area contributed by atoms with E-state index in [1.54, 1.807) is 12.1 Å². The Morgan fingerprint density at radius 2 is 1.68 bits per heavy atom. The molecular weight excluding hydrogens is 416 g/mol. The SMILES string of the molecule is N#C/C(=C\c1ccccc1OCc1ccc(Br)cc1)C(=O)Nc1ccccc1. The van der Waals surface area contributed by atoms with Gasteiger partial charge in [-0.2, -0.15) is 5.26 Å². The molecule has 5 heteroatoms. The third-order valence-corrected chi connectivity index (χ3v) is 4.45. The molecule has 28 heavy (non-hydrogen) atoms. The van der Waals surface area contributed by atoms with Crippen molar-refractivity contribution in [3.8, 4) is 11.8 Å². The molecule has 0 saturated heterocycles. The van der Waals surface area contributed by atoms with Crippen LogP contribution in [0, 0.1) is 11.3 Å². The lowest BCUT2D eigenvalue weighted by atomic mass is 10.1. The summed E-state index contributed by atoms with van der Waals surface area (Å²) in [6, 6.07) is 26.1. The van der Waals surface area contributed by atoms with Gasteiger partial charge in [-0.1, -0.05) is 64.5 Å². The van der Waals surface area contributed by atoms with Gasteiger partial charge in [-0.05, 0) is 42.0 Å². The highest BCUT2D eigenvalue weighted by molar-refractivity contribution is 9.10. The van der Waals surface area contributed by atoms with Crippen molar-refractivity contribution in [3.05, 3.63) is 100 Å². The van der Waals surface area contributed by atoms with E-state index in [1.165, 1.54) is 6.08 Å². The van der Waals surface area contributed by atoms with E-state index in [2.05, 4.69) is 21.2 Å². The average Bonchev–Trinajstić information content (AvgIpc) is 2.73. The maximum atomic E-state index is 12.4. The Balaban J connectivity index is 1.77. The molecule has 0 spiro atoms. The topological polar surface area (TPSA) is 62.1 Å². The van der Waals surface area contributed by atoms with E-state index >= 15 is 0 Å². The molecule has 0 bridgehead atoms. The van der Waals surface area contributed by atoms with Crippen LogP contribution in [0.2, 0.25) is 0 Å². The van der Waals surface area contributed by atoms with Crippen molar-refractivity contribution < 1.29 is 9.53 Å². The molecule has 1 amide bonds. The Morgan fingerprint density at radius 3 is 2.39 bits per heavy atom. The zero-order valence-corrected chi connectivity index (χ0v) is 16.5. The number of hydrogen-bond acceptors (Lipinski definition) is 3. The van der Waals surface area contributed by atoms with Crippen molar-refractivity contribution >= 4 is 33.6 Å². The van der Waals surface area contributed by atoms with Crippen LogP contribution in [-0.4, -0.2) is 5.91 Å². The van der Waals surface area contributed by atoms with Crippen molar-refractivity contribution in [2.24, 2.45) is 0 Å². The summed E-state index contributed by atoms with van der Waals surface area (Å²) in [5.41, 5.74) is 2.32. The Kier molecular flexibility index (Phi) is 6.61. The molecule has 0 aromatic heterocycles. The van der Waals surface area contributed by atoms with Gasteiger partial charge in [-0.3, -0.25) is 4.79 Å². The Bertz CT molecular complexity index is 1020. The predicted molar refractivity (Wildman–Crippen MR) is 114 cm³/mol. The standard InChI is InChI=1S/C23H17BrN2O2/c24-20-12-10-17(11-13-20)16-28-22-9-5-4-6-18(22)14-19(15-25)23(27)26-21-7-2-1-3-8-21/h1-14H,16H2,(H,26,27)/b19-14+. The molecule has 3 aromatic carbocycles. The van der Waals surface area contributed by atoms with E-state index in [0.717, 1.165) is 10.0 Å². The first kappa shape index (κ1) is 19.4. The first-order chi connectivity index (χ1) is 13.7. The first-order valence-corrected chi connectivity index (χ1v) is 9.39. The number of para-hydroxylation sites is 2. The smallest absolute Gasteiger partial charge is 0.266 e. The van der Waals surface area contributed by atoms with Gasteiger partial charge in [0, 0.05) is 15.7 Å². The number of halogens is 1. The van der Waals surface area contributed by atoms with Crippen LogP contribution >= 0.6 is 15.9 Å². The van der Waals surface area contributed by atoms with Gasteiger partial charge in [0.15, 0.2) is 0 Å². The minimum atomic E-state index is -0.462. The fourth-order valence-electron chi connectivity index (χ4n) is 2.50. The Morgan fingerprint density at radius 1 is 1.00 bits per heavy atom. The summed E-state index contributed by atoms with van der Waals surface area (Å²) in [5.74, 6) is 0.141. The summed E-state index contributed by atoms with van der Waals surface area (Å²) in [5, 5.41) is 12.2. The summed E-state index contributed by atoms with van der Waals surface area (Å²) in [4.78, 5) is 12.4. The summed E-state index contributed by atoms with van der Waals surface area (Å²) in [6.07, 6.45) is 1.54. The molecule has 138 valence electrons. The van der Waals surface area contributed by atoms with Crippen LogP contribution < -0.4 is 10.1 Å². The average molecular weight is 433 g/mol. The molecule has 0 heterocycles. The third kappa shape index (κ3) is 5.32. The molecule has 0 fully saturated rings. The number of rotatable bonds is 6. The van der Waals surface area contributed by atoms with E-state index in [9.17, 15) is 10.1 Å². The highest BCUT2D eigenvalue weighted by Gasteiger charge is 2.11. The number of anilines is 1. The monoisotopic (exact) mass is 432 g/mol. The van der Waals surface area contributed by atoms with Gasteiger partial charge in [0.05, 0.1) is 0 Å². The molecule has 4 nitrogen and oxygen atoms in total. The molecule has 1 N–H and O–H groups in total. The van der Waals surface area contributed by atoms with Crippen LogP contribution in [0.1, 0.15) is 11.1 Å². The van der Waals surface area contributed by atoms with Crippen molar-refractivity contribution in [1.82, 2.24) is 0 Å². The lowest BCUT2D eigenvalue weighted by Gasteiger charge is -2.10. The minimum absolute atomic E-state index is 0.00328. The number of nitrogens with zero attached hydrogens (tertiary/aromatic N) is 1. The zero-order chi connectivity index (χ0) is 19.8. The first-order valence-electron chi connectivity index (χ1n) is 8.60. The molecule has 3 aromatic rings. The maximum Gasteiger partial charge on any atom is 0.266 e. The van der Waals surface area contributed by atoms with Gasteiger partial charge in [-0.15, -0.1) is 0 Å². The Hall–Kier alpha value is -3.36. The number of benzene rings is 3. The van der Waals surface area contributed by atoms with Crippen LogP contribution in [0.4, 0.5) is 5.69 Å². The van der Waals surface area contributed by atoms with Crippen molar-refractivity contribution in [2.75, 3.05) is 5.32 Å². The van der Waals surface area contributed by atoms with Crippen LogP contribution in [0.3, 0.4) is 0 Å². The zero-order valence-electron chi connectivity index (χ0n) is 14.9. The van der Waals surface area contributed by atoms with E-state index in [-0.39, 0.29) is 5.57 Å². The second-order valence-electron chi connectivity index (χ2n) is 5.94. The second-order valence-corrected chi connectivity index (χ2v) is 6.86. The number of nitriles is 1. The fraction of sp³-hybridized carbons (Fsp3) is 0.0435. The number of amides is 1. The highest BCUT2D eigenvalue weighted by atomic mass is 79.9. The second kappa shape index (κ2) is 9.54. The lowest BCUT2D eigenvalue weighted by molar-refractivity contribution is -0.112. The van der Waals surface area contributed by atoms with Gasteiger partial charge in [0.1, 0.15) is 24.0 Å². The summed E-state index contributed by atoms with van der Waals surface area (Å²) in [7, 11) is 0. The van der Waals surface area contributed by atoms with Crippen molar-refractivity contribution in [3.63, 3.8) is 0 Å². The number of carbonyl (C=O) groups excluding carboxylic acids is 1. The number of nitrogens with one attached hydrogen (secondary N) is 1. The molecule has 0 unspecified atom stereocenters. The van der Waals surface area contributed by atoms with E-state index in [1.807, 2.05) is 72.8 Å². The molecule has 0 atom stereocenters. The third-order valence-electron chi connectivity index (χ3n) is 3.92. The largest absolute Gasteiger partial charge is 0.488 e. The highest BCUT2D eigenvalue weighted by Crippen LogP contribution is 2.23. The summed E-state index contributed by atoms with van der Waals surface area (Å²) < 4.78 is 6.91. The van der Waals surface area contributed by atoms with Crippen LogP contribution in [-0.2, 0) is 11.4 Å². The van der Waals surface area contributed by atoms with Gasteiger partial charge >= 0.3 is 0 Å². The van der Waals surface area contributed by atoms with E-state index < -0.39 is 5.91 Å². The molecule has 0 saturated carbocycles. The fourth-order valence-corrected chi connectivity index (χ4v) is 2.76. The van der Waals surface area contributed by atoms with Crippen molar-refractivity contribution in [1.29, 1.82) is 5.26 Å². The maximum absolute atomic E-state index is 12.4. The quantitative estimate of drug-likeness (QED) is 0.408. The molecule has 0 aliphatic rings. The molecule has 3 rings (SSSR count). The van der Waals surface area contributed by atoms with Gasteiger partial charge in [0.2, 0.25) is 0 Å². The summed E-state index contributed by atoms with van der Waals surface area (Å²) >= 11 is 3.41. The van der Waals surface area contributed by atoms with E-state index in [4.69, 9.17) is 4.74 Å². The van der Waals surface area contributed by atoms with E-state index in [0.29, 0.717) is 23.6 Å². The summed E-state index contributed by atoms with van der Waals surface area (Å²) in [6.45, 7) is 0.385. The molecule has 0 radical (unpaired) electrons.